The van der Waals surface area contributed by atoms with Crippen molar-refractivity contribution in [2.24, 2.45) is 0 Å². The number of halogens is 1. The Hall–Kier alpha value is -0.320. The molecule has 5 heteroatoms. The van der Waals surface area contributed by atoms with Gasteiger partial charge in [0.2, 0.25) is 0 Å². The molecule has 0 aliphatic rings. The molecule has 0 unspecified atom stereocenters. The third-order valence-corrected chi connectivity index (χ3v) is 2.78. The van der Waals surface area contributed by atoms with Crippen LogP contribution >= 0.6 is 23.4 Å². The number of aliphatic hydroxyl groups excluding tert-OH is 1. The molecule has 1 aromatic heterocycles. The smallest absolute Gasteiger partial charge is 0.133 e. The zero-order valence-corrected chi connectivity index (χ0v) is 9.61. The van der Waals surface area contributed by atoms with E-state index in [9.17, 15) is 0 Å². The summed E-state index contributed by atoms with van der Waals surface area (Å²) in [6.45, 7) is 2.21. The van der Waals surface area contributed by atoms with Crippen LogP contribution in [0.1, 0.15) is 19.2 Å². The third kappa shape index (κ3) is 3.82. The van der Waals surface area contributed by atoms with Gasteiger partial charge in [0, 0.05) is 24.8 Å². The first-order valence-electron chi connectivity index (χ1n) is 4.53. The van der Waals surface area contributed by atoms with E-state index in [0.29, 0.717) is 5.15 Å². The fourth-order valence-electron chi connectivity index (χ4n) is 0.915. The molecule has 14 heavy (non-hydrogen) atoms. The van der Waals surface area contributed by atoms with Gasteiger partial charge in [-0.25, -0.2) is 9.97 Å². The van der Waals surface area contributed by atoms with Crippen molar-refractivity contribution in [1.29, 1.82) is 0 Å². The Morgan fingerprint density at radius 3 is 2.93 bits per heavy atom. The van der Waals surface area contributed by atoms with Gasteiger partial charge in [-0.3, -0.25) is 0 Å². The first-order chi connectivity index (χ1) is 6.76. The van der Waals surface area contributed by atoms with Gasteiger partial charge in [0.05, 0.1) is 0 Å². The van der Waals surface area contributed by atoms with Crippen molar-refractivity contribution in [3.05, 3.63) is 17.0 Å². The quantitative estimate of drug-likeness (QED) is 0.480. The van der Waals surface area contributed by atoms with Crippen LogP contribution in [0.4, 0.5) is 0 Å². The van der Waals surface area contributed by atoms with Crippen molar-refractivity contribution in [3.8, 4) is 0 Å². The van der Waals surface area contributed by atoms with E-state index in [2.05, 4.69) is 9.97 Å². The number of nitrogens with zero attached hydrogens (tertiary/aromatic N) is 2. The third-order valence-electron chi connectivity index (χ3n) is 1.59. The Morgan fingerprint density at radius 2 is 2.29 bits per heavy atom. The highest BCUT2D eigenvalue weighted by Crippen LogP contribution is 2.19. The molecule has 1 N–H and O–H groups in total. The molecule has 78 valence electrons. The maximum absolute atomic E-state index is 8.63. The molecule has 1 aromatic rings. The number of thioether (sulfide) groups is 1. The average molecular weight is 233 g/mol. The van der Waals surface area contributed by atoms with Gasteiger partial charge >= 0.3 is 0 Å². The van der Waals surface area contributed by atoms with Crippen molar-refractivity contribution in [2.75, 3.05) is 12.4 Å². The minimum atomic E-state index is 0.215. The van der Waals surface area contributed by atoms with Gasteiger partial charge in [-0.05, 0) is 6.42 Å². The minimum Gasteiger partial charge on any atom is -0.396 e. The van der Waals surface area contributed by atoms with Crippen LogP contribution in [0.5, 0.6) is 0 Å². The van der Waals surface area contributed by atoms with Crippen LogP contribution in [0.3, 0.4) is 0 Å². The Bertz CT molecular complexity index is 296. The van der Waals surface area contributed by atoms with Crippen LogP contribution < -0.4 is 0 Å². The van der Waals surface area contributed by atoms with E-state index in [0.717, 1.165) is 29.4 Å². The minimum absolute atomic E-state index is 0.215. The average Bonchev–Trinajstić information content (AvgIpc) is 2.17. The Labute approximate surface area is 92.9 Å². The maximum Gasteiger partial charge on any atom is 0.133 e. The van der Waals surface area contributed by atoms with Crippen LogP contribution in [0.25, 0.3) is 0 Å². The zero-order chi connectivity index (χ0) is 10.4. The van der Waals surface area contributed by atoms with Gasteiger partial charge in [0.1, 0.15) is 16.0 Å². The Balaban J connectivity index is 2.62. The van der Waals surface area contributed by atoms with Gasteiger partial charge in [0.15, 0.2) is 0 Å². The van der Waals surface area contributed by atoms with E-state index in [1.807, 2.05) is 6.92 Å². The number of rotatable bonds is 5. The monoisotopic (exact) mass is 232 g/mol. The molecule has 0 saturated heterocycles. The molecule has 1 rings (SSSR count). The number of hydrogen-bond acceptors (Lipinski definition) is 4. The topological polar surface area (TPSA) is 46.0 Å². The predicted molar refractivity (Wildman–Crippen MR) is 58.8 cm³/mol. The Morgan fingerprint density at radius 1 is 1.50 bits per heavy atom. The molecular weight excluding hydrogens is 220 g/mol. The maximum atomic E-state index is 8.63. The highest BCUT2D eigenvalue weighted by atomic mass is 35.5. The molecule has 0 radical (unpaired) electrons. The predicted octanol–water partition coefficient (Wildman–Crippen LogP) is 2.17. The lowest BCUT2D eigenvalue weighted by Gasteiger charge is -2.02. The molecule has 1 heterocycles. The van der Waals surface area contributed by atoms with Crippen LogP contribution in [0, 0.1) is 0 Å². The molecule has 0 aromatic carbocycles. The standard InChI is InChI=1S/C9H13ClN2OS/c1-2-8-11-7(10)6-9(12-8)14-5-3-4-13/h6,13H,2-5H2,1H3. The van der Waals surface area contributed by atoms with E-state index >= 15 is 0 Å². The van der Waals surface area contributed by atoms with Crippen molar-refractivity contribution in [3.63, 3.8) is 0 Å². The van der Waals surface area contributed by atoms with E-state index in [4.69, 9.17) is 16.7 Å². The van der Waals surface area contributed by atoms with E-state index in [1.54, 1.807) is 17.8 Å². The van der Waals surface area contributed by atoms with E-state index < -0.39 is 0 Å². The SMILES string of the molecule is CCc1nc(Cl)cc(SCCCO)n1. The lowest BCUT2D eigenvalue weighted by molar-refractivity contribution is 0.296. The highest BCUT2D eigenvalue weighted by molar-refractivity contribution is 7.99. The molecule has 0 amide bonds. The first kappa shape index (κ1) is 11.8. The molecular formula is C9H13ClN2OS. The second kappa shape index (κ2) is 6.22. The van der Waals surface area contributed by atoms with E-state index in [-0.39, 0.29) is 6.61 Å². The van der Waals surface area contributed by atoms with Crippen LogP contribution in [0.2, 0.25) is 5.15 Å². The largest absolute Gasteiger partial charge is 0.396 e. The van der Waals surface area contributed by atoms with Crippen molar-refractivity contribution < 1.29 is 5.11 Å². The van der Waals surface area contributed by atoms with Crippen molar-refractivity contribution >= 4 is 23.4 Å². The van der Waals surface area contributed by atoms with Gasteiger partial charge in [-0.15, -0.1) is 11.8 Å². The normalized spacial score (nSPS) is 10.5. The second-order valence-electron chi connectivity index (χ2n) is 2.72. The summed E-state index contributed by atoms with van der Waals surface area (Å²) >= 11 is 7.42. The molecule has 0 aliphatic heterocycles. The Kier molecular flexibility index (Phi) is 5.22. The number of aromatic nitrogens is 2. The van der Waals surface area contributed by atoms with Crippen LogP contribution in [-0.2, 0) is 6.42 Å². The fourth-order valence-corrected chi connectivity index (χ4v) is 2.03. The summed E-state index contributed by atoms with van der Waals surface area (Å²) in [5.41, 5.74) is 0. The highest BCUT2D eigenvalue weighted by Gasteiger charge is 2.01. The van der Waals surface area contributed by atoms with Crippen LogP contribution in [0.15, 0.2) is 11.1 Å². The number of aryl methyl sites for hydroxylation is 1. The second-order valence-corrected chi connectivity index (χ2v) is 4.23. The molecule has 0 bridgehead atoms. The summed E-state index contributed by atoms with van der Waals surface area (Å²) in [4.78, 5) is 8.38. The van der Waals surface area contributed by atoms with Gasteiger partial charge in [-0.1, -0.05) is 18.5 Å². The number of aliphatic hydroxyl groups is 1. The molecule has 0 aliphatic carbocycles. The van der Waals surface area contributed by atoms with Crippen molar-refractivity contribution in [1.82, 2.24) is 9.97 Å². The fraction of sp³-hybridized carbons (Fsp3) is 0.556. The summed E-state index contributed by atoms with van der Waals surface area (Å²) in [5.74, 6) is 1.62. The molecule has 0 atom stereocenters. The lowest BCUT2D eigenvalue weighted by Crippen LogP contribution is -1.95. The van der Waals surface area contributed by atoms with Crippen molar-refractivity contribution in [2.45, 2.75) is 24.8 Å². The zero-order valence-electron chi connectivity index (χ0n) is 8.03. The van der Waals surface area contributed by atoms with Gasteiger partial charge < -0.3 is 5.11 Å². The summed E-state index contributed by atoms with van der Waals surface area (Å²) in [7, 11) is 0. The number of hydrogen-bond donors (Lipinski definition) is 1. The lowest BCUT2D eigenvalue weighted by atomic mass is 10.4. The first-order valence-corrected chi connectivity index (χ1v) is 5.89. The molecule has 0 saturated carbocycles. The van der Waals surface area contributed by atoms with E-state index in [1.165, 1.54) is 0 Å². The van der Waals surface area contributed by atoms with Crippen LogP contribution in [-0.4, -0.2) is 27.4 Å². The molecule has 3 nitrogen and oxygen atoms in total. The molecule has 0 fully saturated rings. The summed E-state index contributed by atoms with van der Waals surface area (Å²) < 4.78 is 0. The summed E-state index contributed by atoms with van der Waals surface area (Å²) in [5, 5.41) is 10.0. The summed E-state index contributed by atoms with van der Waals surface area (Å²) in [6, 6.07) is 1.75. The summed E-state index contributed by atoms with van der Waals surface area (Å²) in [6.07, 6.45) is 1.56. The van der Waals surface area contributed by atoms with Gasteiger partial charge in [-0.2, -0.15) is 0 Å². The molecule has 0 spiro atoms. The van der Waals surface area contributed by atoms with Gasteiger partial charge in [0.25, 0.3) is 0 Å².